The molecule has 1 aromatic heterocycles. The first kappa shape index (κ1) is 20.6. The molecule has 0 radical (unpaired) electrons. The van der Waals surface area contributed by atoms with Gasteiger partial charge in [-0.2, -0.15) is 0 Å². The molecule has 0 saturated carbocycles. The number of ether oxygens (including phenoxy) is 2. The van der Waals surface area contributed by atoms with E-state index >= 15 is 0 Å². The van der Waals surface area contributed by atoms with E-state index in [1.807, 2.05) is 32.0 Å². The van der Waals surface area contributed by atoms with Crippen LogP contribution < -0.4 is 15.8 Å². The van der Waals surface area contributed by atoms with Crippen LogP contribution in [0.3, 0.4) is 0 Å². The second-order valence-electron chi connectivity index (χ2n) is 7.40. The summed E-state index contributed by atoms with van der Waals surface area (Å²) in [5, 5.41) is 2.46. The Morgan fingerprint density at radius 2 is 2.07 bits per heavy atom. The Bertz CT molecular complexity index is 791. The molecule has 3 N–H and O–H groups in total. The summed E-state index contributed by atoms with van der Waals surface area (Å²) in [6, 6.07) is 7.59. The van der Waals surface area contributed by atoms with Gasteiger partial charge in [-0.25, -0.2) is 14.8 Å². The Hall–Kier alpha value is -2.67. The van der Waals surface area contributed by atoms with Gasteiger partial charge in [-0.05, 0) is 56.0 Å². The smallest absolute Gasteiger partial charge is 0.413 e. The number of amides is 1. The van der Waals surface area contributed by atoms with Crippen molar-refractivity contribution in [3.8, 4) is 17.0 Å². The molecular formula is C20H28N4O3. The molecule has 0 bridgehead atoms. The zero-order chi connectivity index (χ0) is 20.0. The fourth-order valence-electron chi connectivity index (χ4n) is 2.93. The number of rotatable bonds is 7. The highest BCUT2D eigenvalue weighted by Gasteiger charge is 2.21. The van der Waals surface area contributed by atoms with Gasteiger partial charge >= 0.3 is 6.09 Å². The van der Waals surface area contributed by atoms with Crippen LogP contribution in [0.25, 0.3) is 11.3 Å². The van der Waals surface area contributed by atoms with E-state index in [1.165, 1.54) is 7.11 Å². The number of aromatic nitrogens is 2. The minimum absolute atomic E-state index is 0.185. The molecule has 0 aliphatic heterocycles. The fourth-order valence-corrected chi connectivity index (χ4v) is 2.93. The Morgan fingerprint density at radius 3 is 2.70 bits per heavy atom. The average molecular weight is 372 g/mol. The van der Waals surface area contributed by atoms with Gasteiger partial charge in [0, 0.05) is 17.3 Å². The van der Waals surface area contributed by atoms with Crippen molar-refractivity contribution in [2.75, 3.05) is 19.0 Å². The van der Waals surface area contributed by atoms with Gasteiger partial charge in [-0.15, -0.1) is 0 Å². The van der Waals surface area contributed by atoms with Crippen LogP contribution in [-0.4, -0.2) is 35.3 Å². The maximum absolute atomic E-state index is 11.3. The average Bonchev–Trinajstić information content (AvgIpc) is 2.59. The number of carbonyl (C=O) groups is 1. The summed E-state index contributed by atoms with van der Waals surface area (Å²) in [5.41, 5.74) is 8.51. The van der Waals surface area contributed by atoms with Crippen molar-refractivity contribution in [1.82, 2.24) is 9.97 Å². The number of anilines is 1. The van der Waals surface area contributed by atoms with E-state index in [9.17, 15) is 4.79 Å². The van der Waals surface area contributed by atoms with Crippen molar-refractivity contribution in [2.45, 2.75) is 39.7 Å². The van der Waals surface area contributed by atoms with E-state index in [2.05, 4.69) is 33.9 Å². The molecule has 0 saturated heterocycles. The van der Waals surface area contributed by atoms with Gasteiger partial charge in [0.2, 0.25) is 5.95 Å². The van der Waals surface area contributed by atoms with Crippen LogP contribution in [0.5, 0.6) is 5.75 Å². The van der Waals surface area contributed by atoms with E-state index in [1.54, 1.807) is 12.3 Å². The molecule has 1 atom stereocenters. The lowest BCUT2D eigenvalue weighted by molar-refractivity contribution is 0.186. The maximum Gasteiger partial charge on any atom is 0.413 e. The minimum Gasteiger partial charge on any atom is -0.491 e. The van der Waals surface area contributed by atoms with Crippen molar-refractivity contribution >= 4 is 12.0 Å². The molecule has 0 spiro atoms. The quantitative estimate of drug-likeness (QED) is 0.767. The molecule has 0 aliphatic rings. The Morgan fingerprint density at radius 1 is 1.33 bits per heavy atom. The third kappa shape index (κ3) is 6.21. The van der Waals surface area contributed by atoms with Crippen molar-refractivity contribution in [3.05, 3.63) is 36.0 Å². The van der Waals surface area contributed by atoms with Crippen molar-refractivity contribution in [3.63, 3.8) is 0 Å². The zero-order valence-corrected chi connectivity index (χ0v) is 16.6. The number of hydrogen-bond donors (Lipinski definition) is 2. The molecule has 27 heavy (non-hydrogen) atoms. The second kappa shape index (κ2) is 8.81. The Balaban J connectivity index is 2.12. The molecule has 146 valence electrons. The molecule has 1 heterocycles. The third-order valence-electron chi connectivity index (χ3n) is 3.96. The topological polar surface area (TPSA) is 99.4 Å². The van der Waals surface area contributed by atoms with E-state index < -0.39 is 6.09 Å². The lowest BCUT2D eigenvalue weighted by atomic mass is 9.93. The van der Waals surface area contributed by atoms with Crippen molar-refractivity contribution in [1.29, 1.82) is 0 Å². The van der Waals surface area contributed by atoms with E-state index in [4.69, 9.17) is 10.5 Å². The van der Waals surface area contributed by atoms with Crippen LogP contribution in [0.1, 0.15) is 32.8 Å². The maximum atomic E-state index is 11.3. The summed E-state index contributed by atoms with van der Waals surface area (Å²) in [4.78, 5) is 19.7. The Labute approximate surface area is 160 Å². The molecule has 1 unspecified atom stereocenters. The Kier molecular flexibility index (Phi) is 6.74. The van der Waals surface area contributed by atoms with E-state index in [0.717, 1.165) is 23.3 Å². The second-order valence-corrected chi connectivity index (χ2v) is 7.40. The van der Waals surface area contributed by atoms with Crippen LogP contribution in [0, 0.1) is 12.8 Å². The number of nitrogens with zero attached hydrogens (tertiary/aromatic N) is 2. The first-order chi connectivity index (χ1) is 12.7. The molecule has 7 nitrogen and oxygen atoms in total. The van der Waals surface area contributed by atoms with Crippen LogP contribution in [0.4, 0.5) is 10.7 Å². The lowest BCUT2D eigenvalue weighted by Crippen LogP contribution is -2.43. The molecule has 2 aromatic rings. The molecule has 2 rings (SSSR count). The lowest BCUT2D eigenvalue weighted by Gasteiger charge is -2.27. The molecule has 0 aliphatic carbocycles. The van der Waals surface area contributed by atoms with Crippen LogP contribution in [0.15, 0.2) is 30.5 Å². The molecule has 0 fully saturated rings. The monoisotopic (exact) mass is 372 g/mol. The predicted octanol–water partition coefficient (Wildman–Crippen LogP) is 3.77. The minimum atomic E-state index is -0.613. The number of methoxy groups -OCH3 is 1. The van der Waals surface area contributed by atoms with Gasteiger partial charge in [-0.1, -0.05) is 13.8 Å². The highest BCUT2D eigenvalue weighted by molar-refractivity contribution is 5.82. The normalized spacial score (nSPS) is 13.1. The molecule has 1 aromatic carbocycles. The summed E-state index contributed by atoms with van der Waals surface area (Å²) in [5.74, 6) is 1.49. The highest BCUT2D eigenvalue weighted by atomic mass is 16.5. The van der Waals surface area contributed by atoms with Gasteiger partial charge in [0.05, 0.1) is 12.8 Å². The predicted molar refractivity (Wildman–Crippen MR) is 106 cm³/mol. The summed E-state index contributed by atoms with van der Waals surface area (Å²) in [6.45, 7) is 8.73. The summed E-state index contributed by atoms with van der Waals surface area (Å²) in [6.07, 6.45) is 1.86. The number of benzene rings is 1. The summed E-state index contributed by atoms with van der Waals surface area (Å²) >= 11 is 0. The summed E-state index contributed by atoms with van der Waals surface area (Å²) in [7, 11) is 1.29. The van der Waals surface area contributed by atoms with Gasteiger partial charge in [0.25, 0.3) is 0 Å². The van der Waals surface area contributed by atoms with Crippen LogP contribution >= 0.6 is 0 Å². The fraction of sp³-hybridized carbons (Fsp3) is 0.450. The molecule has 7 heteroatoms. The van der Waals surface area contributed by atoms with Gasteiger partial charge < -0.3 is 15.2 Å². The van der Waals surface area contributed by atoms with Gasteiger partial charge in [-0.3, -0.25) is 5.32 Å². The number of carbonyl (C=O) groups excluding carboxylic acids is 1. The van der Waals surface area contributed by atoms with Crippen LogP contribution in [-0.2, 0) is 4.74 Å². The third-order valence-corrected chi connectivity index (χ3v) is 3.96. The first-order valence-electron chi connectivity index (χ1n) is 8.91. The number of hydrogen-bond acceptors (Lipinski definition) is 6. The molecular weight excluding hydrogens is 344 g/mol. The summed E-state index contributed by atoms with van der Waals surface area (Å²) < 4.78 is 10.5. The standard InChI is InChI=1S/C20H28N4O3/c1-13(2)11-20(4,21)12-27-17-7-6-15(10-14(17)3)16-8-9-22-18(23-16)24-19(25)26-5/h6-10,13H,11-12,21H2,1-5H3,(H,22,23,24,25). The van der Waals surface area contributed by atoms with Crippen molar-refractivity contribution in [2.24, 2.45) is 11.7 Å². The number of nitrogens with one attached hydrogen (secondary N) is 1. The van der Waals surface area contributed by atoms with Crippen molar-refractivity contribution < 1.29 is 14.3 Å². The first-order valence-corrected chi connectivity index (χ1v) is 8.91. The van der Waals surface area contributed by atoms with Crippen LogP contribution in [0.2, 0.25) is 0 Å². The number of nitrogens with two attached hydrogens (primary N) is 1. The van der Waals surface area contributed by atoms with E-state index in [-0.39, 0.29) is 11.5 Å². The molecule has 1 amide bonds. The highest BCUT2D eigenvalue weighted by Crippen LogP contribution is 2.26. The van der Waals surface area contributed by atoms with Gasteiger partial charge in [0.1, 0.15) is 12.4 Å². The largest absolute Gasteiger partial charge is 0.491 e. The zero-order valence-electron chi connectivity index (χ0n) is 16.6. The SMILES string of the molecule is COC(=O)Nc1nccc(-c2ccc(OCC(C)(N)CC(C)C)c(C)c2)n1. The van der Waals surface area contributed by atoms with Gasteiger partial charge in [0.15, 0.2) is 0 Å². The van der Waals surface area contributed by atoms with E-state index in [0.29, 0.717) is 18.2 Å². The number of aryl methyl sites for hydroxylation is 1.